The molecule has 1 amide bonds. The van der Waals surface area contributed by atoms with Gasteiger partial charge in [-0.3, -0.25) is 9.79 Å². The second kappa shape index (κ2) is 12.3. The fraction of sp³-hybridized carbons (Fsp3) is 0.364. The molecule has 1 aliphatic heterocycles. The molecule has 2 aromatic carbocycles. The molecule has 0 spiro atoms. The van der Waals surface area contributed by atoms with Gasteiger partial charge >= 0.3 is 0 Å². The van der Waals surface area contributed by atoms with Crippen molar-refractivity contribution in [2.24, 2.45) is 4.99 Å². The highest BCUT2D eigenvalue weighted by molar-refractivity contribution is 14.0. The molecule has 3 rings (SSSR count). The van der Waals surface area contributed by atoms with Crippen LogP contribution in [0.3, 0.4) is 0 Å². The molecule has 1 aliphatic rings. The molecule has 3 N–H and O–H groups in total. The first-order chi connectivity index (χ1) is 14.2. The number of nitrogens with one attached hydrogen (secondary N) is 3. The number of halogens is 1. The summed E-state index contributed by atoms with van der Waals surface area (Å²) in [4.78, 5) is 16.4. The number of carbonyl (C=O) groups excluding carboxylic acids is 1. The maximum absolute atomic E-state index is 12.2. The minimum absolute atomic E-state index is 0. The van der Waals surface area contributed by atoms with Gasteiger partial charge in [-0.15, -0.1) is 24.0 Å². The van der Waals surface area contributed by atoms with E-state index in [2.05, 4.69) is 39.1 Å². The average Bonchev–Trinajstić information content (AvgIpc) is 3.23. The Bertz CT molecular complexity index is 873. The lowest BCUT2D eigenvalue weighted by atomic mass is 10.1. The number of ether oxygens (including phenoxy) is 2. The largest absolute Gasteiger partial charge is 0.497 e. The number of methoxy groups -OCH3 is 1. The maximum atomic E-state index is 12.2. The molecule has 0 aliphatic carbocycles. The number of nitrogens with zero attached hydrogens (tertiary/aromatic N) is 1. The first-order valence-electron chi connectivity index (χ1n) is 9.81. The van der Waals surface area contributed by atoms with Crippen LogP contribution >= 0.6 is 24.0 Å². The van der Waals surface area contributed by atoms with Crippen molar-refractivity contribution >= 4 is 35.8 Å². The summed E-state index contributed by atoms with van der Waals surface area (Å²) in [5, 5.41) is 9.39. The summed E-state index contributed by atoms with van der Waals surface area (Å²) in [6.45, 7) is 2.62. The van der Waals surface area contributed by atoms with Gasteiger partial charge in [-0.05, 0) is 41.8 Å². The monoisotopic (exact) mass is 524 g/mol. The Balaban J connectivity index is 0.00000320. The van der Waals surface area contributed by atoms with Crippen molar-refractivity contribution in [3.05, 3.63) is 59.2 Å². The number of amides is 1. The van der Waals surface area contributed by atoms with Gasteiger partial charge in [0.05, 0.1) is 13.7 Å². The van der Waals surface area contributed by atoms with E-state index < -0.39 is 0 Å². The number of rotatable bonds is 8. The molecule has 162 valence electrons. The maximum Gasteiger partial charge on any atom is 0.251 e. The van der Waals surface area contributed by atoms with E-state index in [1.54, 1.807) is 32.4 Å². The Labute approximate surface area is 194 Å². The molecule has 0 unspecified atom stereocenters. The second-order valence-electron chi connectivity index (χ2n) is 6.70. The van der Waals surface area contributed by atoms with Crippen LogP contribution in [-0.2, 0) is 12.8 Å². The average molecular weight is 524 g/mol. The lowest BCUT2D eigenvalue weighted by Crippen LogP contribution is -2.42. The lowest BCUT2D eigenvalue weighted by molar-refractivity contribution is 0.0954. The molecule has 2 aromatic rings. The smallest absolute Gasteiger partial charge is 0.251 e. The van der Waals surface area contributed by atoms with Crippen molar-refractivity contribution in [2.75, 3.05) is 40.4 Å². The van der Waals surface area contributed by atoms with Gasteiger partial charge in [-0.1, -0.05) is 18.2 Å². The van der Waals surface area contributed by atoms with Crippen molar-refractivity contribution in [1.29, 1.82) is 0 Å². The predicted octanol–water partition coefficient (Wildman–Crippen LogP) is 2.39. The number of benzene rings is 2. The zero-order valence-corrected chi connectivity index (χ0v) is 19.7. The first kappa shape index (κ1) is 23.8. The van der Waals surface area contributed by atoms with E-state index in [1.807, 2.05) is 6.07 Å². The zero-order valence-electron chi connectivity index (χ0n) is 17.4. The topological polar surface area (TPSA) is 84.0 Å². The summed E-state index contributed by atoms with van der Waals surface area (Å²) in [6, 6.07) is 13.5. The summed E-state index contributed by atoms with van der Waals surface area (Å²) >= 11 is 0. The van der Waals surface area contributed by atoms with E-state index in [9.17, 15) is 4.79 Å². The van der Waals surface area contributed by atoms with Crippen LogP contribution in [0.4, 0.5) is 0 Å². The van der Waals surface area contributed by atoms with E-state index >= 15 is 0 Å². The van der Waals surface area contributed by atoms with E-state index in [4.69, 9.17) is 9.47 Å². The van der Waals surface area contributed by atoms with Crippen molar-refractivity contribution in [2.45, 2.75) is 12.8 Å². The number of carbonyl (C=O) groups is 1. The SMILES string of the molecule is CN=C(NCCNC(=O)c1cccc(OC)c1)NCCc1ccc2c(c1)CCO2.I. The molecular formula is C22H29IN4O3. The molecule has 0 bridgehead atoms. The highest BCUT2D eigenvalue weighted by atomic mass is 127. The summed E-state index contributed by atoms with van der Waals surface area (Å²) in [7, 11) is 3.31. The van der Waals surface area contributed by atoms with Crippen molar-refractivity contribution in [3.63, 3.8) is 0 Å². The normalized spacial score (nSPS) is 12.3. The van der Waals surface area contributed by atoms with Crippen LogP contribution in [0.25, 0.3) is 0 Å². The van der Waals surface area contributed by atoms with Crippen LogP contribution in [-0.4, -0.2) is 52.3 Å². The number of fused-ring (bicyclic) bond motifs is 1. The fourth-order valence-electron chi connectivity index (χ4n) is 3.16. The Morgan fingerprint density at radius 2 is 1.90 bits per heavy atom. The highest BCUT2D eigenvalue weighted by Gasteiger charge is 2.11. The molecule has 0 radical (unpaired) electrons. The Hall–Kier alpha value is -2.49. The first-order valence-corrected chi connectivity index (χ1v) is 9.81. The van der Waals surface area contributed by atoms with Gasteiger partial charge in [0, 0.05) is 38.7 Å². The molecule has 8 heteroatoms. The number of hydrogen-bond acceptors (Lipinski definition) is 4. The summed E-state index contributed by atoms with van der Waals surface area (Å²) in [5.74, 6) is 2.26. The van der Waals surface area contributed by atoms with Crippen molar-refractivity contribution < 1.29 is 14.3 Å². The summed E-state index contributed by atoms with van der Waals surface area (Å²) in [5.41, 5.74) is 3.14. The van der Waals surface area contributed by atoms with Gasteiger partial charge < -0.3 is 25.4 Å². The zero-order chi connectivity index (χ0) is 20.5. The Morgan fingerprint density at radius 3 is 2.70 bits per heavy atom. The minimum Gasteiger partial charge on any atom is -0.497 e. The van der Waals surface area contributed by atoms with Gasteiger partial charge in [-0.25, -0.2) is 0 Å². The summed E-state index contributed by atoms with van der Waals surface area (Å²) < 4.78 is 10.7. The van der Waals surface area contributed by atoms with Crippen LogP contribution in [0.1, 0.15) is 21.5 Å². The fourth-order valence-corrected chi connectivity index (χ4v) is 3.16. The molecule has 0 atom stereocenters. The van der Waals surface area contributed by atoms with Gasteiger partial charge in [0.1, 0.15) is 11.5 Å². The van der Waals surface area contributed by atoms with Crippen molar-refractivity contribution in [1.82, 2.24) is 16.0 Å². The molecular weight excluding hydrogens is 495 g/mol. The molecule has 0 fully saturated rings. The number of aliphatic imine (C=N–C) groups is 1. The third-order valence-corrected chi connectivity index (χ3v) is 4.72. The quantitative estimate of drug-likeness (QED) is 0.214. The number of guanidine groups is 1. The number of hydrogen-bond donors (Lipinski definition) is 3. The van der Waals surface area contributed by atoms with E-state index in [1.165, 1.54) is 11.1 Å². The van der Waals surface area contributed by atoms with E-state index in [0.717, 1.165) is 31.7 Å². The van der Waals surface area contributed by atoms with E-state index in [0.29, 0.717) is 30.4 Å². The van der Waals surface area contributed by atoms with Crippen LogP contribution in [0, 0.1) is 0 Å². The Morgan fingerprint density at radius 1 is 1.10 bits per heavy atom. The standard InChI is InChI=1S/C22H28N4O3.HI/c1-23-22(25-10-8-16-6-7-20-17(14-16)9-13-29-20)26-12-11-24-21(27)18-4-3-5-19(15-18)28-2;/h3-7,14-15H,8-13H2,1-2H3,(H,24,27)(H2,23,25,26);1H. The molecule has 0 aromatic heterocycles. The Kier molecular flexibility index (Phi) is 9.72. The molecule has 7 nitrogen and oxygen atoms in total. The van der Waals surface area contributed by atoms with Crippen molar-refractivity contribution in [3.8, 4) is 11.5 Å². The van der Waals surface area contributed by atoms with Gasteiger partial charge in [0.25, 0.3) is 5.91 Å². The predicted molar refractivity (Wildman–Crippen MR) is 129 cm³/mol. The van der Waals surface area contributed by atoms with Gasteiger partial charge in [-0.2, -0.15) is 0 Å². The van der Waals surface area contributed by atoms with Crippen LogP contribution in [0.15, 0.2) is 47.5 Å². The van der Waals surface area contributed by atoms with Crippen LogP contribution in [0.5, 0.6) is 11.5 Å². The van der Waals surface area contributed by atoms with E-state index in [-0.39, 0.29) is 29.9 Å². The highest BCUT2D eigenvalue weighted by Crippen LogP contribution is 2.25. The lowest BCUT2D eigenvalue weighted by Gasteiger charge is -2.13. The molecule has 0 saturated carbocycles. The van der Waals surface area contributed by atoms with Crippen LogP contribution < -0.4 is 25.4 Å². The molecule has 1 heterocycles. The third-order valence-electron chi connectivity index (χ3n) is 4.72. The minimum atomic E-state index is -0.130. The summed E-state index contributed by atoms with van der Waals surface area (Å²) in [6.07, 6.45) is 1.89. The molecule has 30 heavy (non-hydrogen) atoms. The molecule has 0 saturated heterocycles. The van der Waals surface area contributed by atoms with Crippen LogP contribution in [0.2, 0.25) is 0 Å². The third kappa shape index (κ3) is 6.79. The second-order valence-corrected chi connectivity index (χ2v) is 6.70. The van der Waals surface area contributed by atoms with Gasteiger partial charge in [0.15, 0.2) is 5.96 Å². The van der Waals surface area contributed by atoms with Gasteiger partial charge in [0.2, 0.25) is 0 Å².